The summed E-state index contributed by atoms with van der Waals surface area (Å²) in [5, 5.41) is 9.10. The van der Waals surface area contributed by atoms with Gasteiger partial charge in [0.15, 0.2) is 0 Å². The second kappa shape index (κ2) is 3.54. The van der Waals surface area contributed by atoms with Gasteiger partial charge in [-0.1, -0.05) is 0 Å². The molecule has 1 aliphatic heterocycles. The summed E-state index contributed by atoms with van der Waals surface area (Å²) < 4.78 is 0. The summed E-state index contributed by atoms with van der Waals surface area (Å²) in [5.74, 6) is 0.691. The molecule has 1 saturated heterocycles. The molecule has 2 aliphatic rings. The maximum Gasteiger partial charge on any atom is 0.219 e. The molecular weight excluding hydrogens is 178 g/mol. The molecule has 2 fully saturated rings. The number of likely N-dealkylation sites (tertiary alicyclic amines) is 1. The van der Waals surface area contributed by atoms with Gasteiger partial charge in [0, 0.05) is 26.6 Å². The van der Waals surface area contributed by atoms with Crippen LogP contribution in [0.15, 0.2) is 0 Å². The zero-order chi connectivity index (χ0) is 10.2. The first-order valence-electron chi connectivity index (χ1n) is 5.52. The summed E-state index contributed by atoms with van der Waals surface area (Å²) >= 11 is 0. The quantitative estimate of drug-likeness (QED) is 0.681. The van der Waals surface area contributed by atoms with Crippen LogP contribution in [0.25, 0.3) is 0 Å². The molecule has 0 radical (unpaired) electrons. The van der Waals surface area contributed by atoms with Gasteiger partial charge in [-0.25, -0.2) is 0 Å². The van der Waals surface area contributed by atoms with E-state index >= 15 is 0 Å². The van der Waals surface area contributed by atoms with Gasteiger partial charge in [-0.2, -0.15) is 0 Å². The number of hydrogen-bond donors (Lipinski definition) is 1. The van der Waals surface area contributed by atoms with Crippen molar-refractivity contribution in [3.8, 4) is 0 Å². The summed E-state index contributed by atoms with van der Waals surface area (Å²) in [4.78, 5) is 13.2. The fraction of sp³-hybridized carbons (Fsp3) is 0.909. The summed E-state index contributed by atoms with van der Waals surface area (Å²) in [6.07, 6.45) is 4.60. The number of carbonyl (C=O) groups is 1. The monoisotopic (exact) mass is 197 g/mol. The number of amides is 1. The average Bonchev–Trinajstić information content (AvgIpc) is 2.74. The Hall–Kier alpha value is -0.570. The van der Waals surface area contributed by atoms with Crippen LogP contribution in [0, 0.1) is 11.3 Å². The second-order valence-electron chi connectivity index (χ2n) is 4.98. The molecule has 1 aliphatic carbocycles. The lowest BCUT2D eigenvalue weighted by Crippen LogP contribution is -2.29. The van der Waals surface area contributed by atoms with Crippen molar-refractivity contribution in [2.75, 3.05) is 19.7 Å². The Bertz CT molecular complexity index is 241. The molecule has 1 spiro atoms. The fourth-order valence-corrected chi connectivity index (χ4v) is 3.06. The summed E-state index contributed by atoms with van der Waals surface area (Å²) in [6.45, 7) is 3.83. The van der Waals surface area contributed by atoms with Crippen molar-refractivity contribution >= 4 is 5.91 Å². The highest BCUT2D eigenvalue weighted by Crippen LogP contribution is 2.47. The highest BCUT2D eigenvalue weighted by Gasteiger charge is 2.44. The SMILES string of the molecule is CC(=O)N1CC[C@]2(CC[C@H](CO)C2)C1. The smallest absolute Gasteiger partial charge is 0.219 e. The summed E-state index contributed by atoms with van der Waals surface area (Å²) in [5.41, 5.74) is 0.360. The highest BCUT2D eigenvalue weighted by molar-refractivity contribution is 5.73. The van der Waals surface area contributed by atoms with Gasteiger partial charge in [-0.3, -0.25) is 4.79 Å². The summed E-state index contributed by atoms with van der Waals surface area (Å²) in [7, 11) is 0. The minimum Gasteiger partial charge on any atom is -0.396 e. The molecular formula is C11H19NO2. The van der Waals surface area contributed by atoms with Crippen LogP contribution in [0.4, 0.5) is 0 Å². The van der Waals surface area contributed by atoms with Gasteiger partial charge in [0.2, 0.25) is 5.91 Å². The van der Waals surface area contributed by atoms with Crippen molar-refractivity contribution < 1.29 is 9.90 Å². The van der Waals surface area contributed by atoms with E-state index in [-0.39, 0.29) is 5.91 Å². The topological polar surface area (TPSA) is 40.5 Å². The Morgan fingerprint density at radius 3 is 2.86 bits per heavy atom. The first kappa shape index (κ1) is 9.97. The summed E-state index contributed by atoms with van der Waals surface area (Å²) in [6, 6.07) is 0. The van der Waals surface area contributed by atoms with Gasteiger partial charge in [-0.15, -0.1) is 0 Å². The van der Waals surface area contributed by atoms with E-state index in [0.717, 1.165) is 32.4 Å². The van der Waals surface area contributed by atoms with E-state index in [9.17, 15) is 4.79 Å². The molecule has 1 saturated carbocycles. The molecule has 0 aromatic heterocycles. The molecule has 0 aromatic carbocycles. The van der Waals surface area contributed by atoms with Crippen molar-refractivity contribution in [1.82, 2.24) is 4.90 Å². The molecule has 2 atom stereocenters. The standard InChI is InChI=1S/C11H19NO2/c1-9(14)12-5-4-11(8-12)3-2-10(6-11)7-13/h10,13H,2-8H2,1H3/t10-,11-/m0/s1. The third kappa shape index (κ3) is 1.65. The van der Waals surface area contributed by atoms with Gasteiger partial charge in [0.1, 0.15) is 0 Å². The number of aliphatic hydroxyl groups is 1. The Morgan fingerprint density at radius 2 is 2.36 bits per heavy atom. The van der Waals surface area contributed by atoms with E-state index in [1.165, 1.54) is 6.42 Å². The Morgan fingerprint density at radius 1 is 1.57 bits per heavy atom. The van der Waals surface area contributed by atoms with Crippen molar-refractivity contribution in [2.24, 2.45) is 11.3 Å². The lowest BCUT2D eigenvalue weighted by Gasteiger charge is -2.23. The molecule has 14 heavy (non-hydrogen) atoms. The molecule has 3 nitrogen and oxygen atoms in total. The Balaban J connectivity index is 1.97. The molecule has 0 bridgehead atoms. The number of carbonyl (C=O) groups excluding carboxylic acids is 1. The predicted octanol–water partition coefficient (Wildman–Crippen LogP) is 1.02. The fourth-order valence-electron chi connectivity index (χ4n) is 3.06. The van der Waals surface area contributed by atoms with E-state index < -0.39 is 0 Å². The van der Waals surface area contributed by atoms with E-state index in [4.69, 9.17) is 5.11 Å². The highest BCUT2D eigenvalue weighted by atomic mass is 16.3. The molecule has 80 valence electrons. The number of nitrogens with zero attached hydrogens (tertiary/aromatic N) is 1. The van der Waals surface area contributed by atoms with Gasteiger partial charge in [0.25, 0.3) is 0 Å². The van der Waals surface area contributed by atoms with E-state index in [1.807, 2.05) is 4.90 Å². The van der Waals surface area contributed by atoms with Crippen molar-refractivity contribution in [3.63, 3.8) is 0 Å². The molecule has 1 heterocycles. The molecule has 1 N–H and O–H groups in total. The normalized spacial score (nSPS) is 37.0. The zero-order valence-corrected chi connectivity index (χ0v) is 8.83. The van der Waals surface area contributed by atoms with Crippen molar-refractivity contribution in [3.05, 3.63) is 0 Å². The number of aliphatic hydroxyl groups excluding tert-OH is 1. The minimum absolute atomic E-state index is 0.203. The third-order valence-electron chi connectivity index (χ3n) is 3.95. The van der Waals surface area contributed by atoms with E-state index in [2.05, 4.69) is 0 Å². The average molecular weight is 197 g/mol. The maximum atomic E-state index is 11.2. The van der Waals surface area contributed by atoms with Crippen LogP contribution < -0.4 is 0 Å². The van der Waals surface area contributed by atoms with Crippen LogP contribution in [0.2, 0.25) is 0 Å². The minimum atomic E-state index is 0.203. The molecule has 0 aromatic rings. The first-order chi connectivity index (χ1) is 6.65. The van der Waals surface area contributed by atoms with Gasteiger partial charge in [-0.05, 0) is 37.0 Å². The Labute approximate surface area is 85.1 Å². The first-order valence-corrected chi connectivity index (χ1v) is 5.52. The van der Waals surface area contributed by atoms with Gasteiger partial charge < -0.3 is 10.0 Å². The molecule has 2 rings (SSSR count). The van der Waals surface area contributed by atoms with Crippen molar-refractivity contribution in [2.45, 2.75) is 32.6 Å². The lowest BCUT2D eigenvalue weighted by molar-refractivity contribution is -0.128. The molecule has 1 amide bonds. The van der Waals surface area contributed by atoms with Gasteiger partial charge in [0.05, 0.1) is 0 Å². The van der Waals surface area contributed by atoms with E-state index in [0.29, 0.717) is 17.9 Å². The second-order valence-corrected chi connectivity index (χ2v) is 4.98. The zero-order valence-electron chi connectivity index (χ0n) is 8.83. The van der Waals surface area contributed by atoms with Crippen LogP contribution in [0.3, 0.4) is 0 Å². The maximum absolute atomic E-state index is 11.2. The van der Waals surface area contributed by atoms with E-state index in [1.54, 1.807) is 6.92 Å². The number of hydrogen-bond acceptors (Lipinski definition) is 2. The van der Waals surface area contributed by atoms with Gasteiger partial charge >= 0.3 is 0 Å². The van der Waals surface area contributed by atoms with Crippen LogP contribution >= 0.6 is 0 Å². The molecule has 3 heteroatoms. The lowest BCUT2D eigenvalue weighted by atomic mass is 9.84. The van der Waals surface area contributed by atoms with Crippen LogP contribution in [0.1, 0.15) is 32.6 Å². The number of rotatable bonds is 1. The third-order valence-corrected chi connectivity index (χ3v) is 3.95. The Kier molecular flexibility index (Phi) is 2.52. The predicted molar refractivity (Wildman–Crippen MR) is 53.7 cm³/mol. The molecule has 0 unspecified atom stereocenters. The van der Waals surface area contributed by atoms with Crippen molar-refractivity contribution in [1.29, 1.82) is 0 Å². The van der Waals surface area contributed by atoms with Crippen LogP contribution in [0.5, 0.6) is 0 Å². The largest absolute Gasteiger partial charge is 0.396 e. The van der Waals surface area contributed by atoms with Crippen LogP contribution in [-0.4, -0.2) is 35.6 Å². The van der Waals surface area contributed by atoms with Crippen LogP contribution in [-0.2, 0) is 4.79 Å².